The standard InChI is InChI=1S/C12H15N3O/c1-2-5-11-10(9-16)8-14-15(11)12-6-3-4-7-13-12/h3-4,6-8,16H,2,5,9H2,1H3. The maximum atomic E-state index is 9.23. The Balaban J connectivity index is 2.44. The van der Waals surface area contributed by atoms with E-state index in [9.17, 15) is 5.11 Å². The monoisotopic (exact) mass is 217 g/mol. The van der Waals surface area contributed by atoms with Crippen molar-refractivity contribution in [2.45, 2.75) is 26.4 Å². The van der Waals surface area contributed by atoms with Crippen molar-refractivity contribution in [1.29, 1.82) is 0 Å². The maximum absolute atomic E-state index is 9.23. The van der Waals surface area contributed by atoms with E-state index in [1.165, 1.54) is 0 Å². The third-order valence-electron chi connectivity index (χ3n) is 2.48. The van der Waals surface area contributed by atoms with Crippen LogP contribution in [0.25, 0.3) is 5.82 Å². The zero-order chi connectivity index (χ0) is 11.4. The third-order valence-corrected chi connectivity index (χ3v) is 2.48. The molecule has 1 N–H and O–H groups in total. The Bertz CT molecular complexity index is 451. The van der Waals surface area contributed by atoms with E-state index in [1.54, 1.807) is 17.1 Å². The van der Waals surface area contributed by atoms with Gasteiger partial charge in [-0.15, -0.1) is 0 Å². The van der Waals surface area contributed by atoms with Gasteiger partial charge in [0.1, 0.15) is 0 Å². The number of hydrogen-bond acceptors (Lipinski definition) is 3. The van der Waals surface area contributed by atoms with Gasteiger partial charge in [0.25, 0.3) is 0 Å². The van der Waals surface area contributed by atoms with Gasteiger partial charge < -0.3 is 5.11 Å². The zero-order valence-electron chi connectivity index (χ0n) is 9.30. The van der Waals surface area contributed by atoms with Crippen molar-refractivity contribution in [3.63, 3.8) is 0 Å². The Labute approximate surface area is 94.6 Å². The molecule has 16 heavy (non-hydrogen) atoms. The molecule has 0 fully saturated rings. The molecular weight excluding hydrogens is 202 g/mol. The summed E-state index contributed by atoms with van der Waals surface area (Å²) in [6.07, 6.45) is 5.36. The molecule has 84 valence electrons. The molecule has 0 aromatic carbocycles. The Hall–Kier alpha value is -1.68. The second kappa shape index (κ2) is 4.90. The fourth-order valence-corrected chi connectivity index (χ4v) is 1.72. The van der Waals surface area contributed by atoms with Crippen molar-refractivity contribution in [3.8, 4) is 5.82 Å². The van der Waals surface area contributed by atoms with E-state index < -0.39 is 0 Å². The molecule has 0 saturated heterocycles. The van der Waals surface area contributed by atoms with Crippen LogP contribution in [0.4, 0.5) is 0 Å². The van der Waals surface area contributed by atoms with Crippen LogP contribution in [-0.2, 0) is 13.0 Å². The molecule has 0 spiro atoms. The molecule has 0 aliphatic carbocycles. The largest absolute Gasteiger partial charge is 0.392 e. The predicted octanol–water partition coefficient (Wildman–Crippen LogP) is 1.71. The Morgan fingerprint density at radius 1 is 1.38 bits per heavy atom. The molecule has 0 aliphatic rings. The molecule has 2 rings (SSSR count). The number of nitrogens with zero attached hydrogens (tertiary/aromatic N) is 3. The molecule has 2 aromatic rings. The van der Waals surface area contributed by atoms with Crippen LogP contribution < -0.4 is 0 Å². The van der Waals surface area contributed by atoms with Crippen LogP contribution in [0, 0.1) is 0 Å². The number of hydrogen-bond donors (Lipinski definition) is 1. The van der Waals surface area contributed by atoms with Crippen LogP contribution in [0.5, 0.6) is 0 Å². The first-order valence-corrected chi connectivity index (χ1v) is 5.45. The lowest BCUT2D eigenvalue weighted by molar-refractivity contribution is 0.280. The third kappa shape index (κ3) is 1.97. The topological polar surface area (TPSA) is 50.9 Å². The minimum atomic E-state index is 0.0299. The average molecular weight is 217 g/mol. The molecule has 2 heterocycles. The van der Waals surface area contributed by atoms with Crippen molar-refractivity contribution < 1.29 is 5.11 Å². The highest BCUT2D eigenvalue weighted by Gasteiger charge is 2.10. The van der Waals surface area contributed by atoms with Gasteiger partial charge in [-0.05, 0) is 18.6 Å². The first-order valence-electron chi connectivity index (χ1n) is 5.45. The first kappa shape index (κ1) is 10.8. The van der Waals surface area contributed by atoms with Gasteiger partial charge in [0.2, 0.25) is 0 Å². The minimum absolute atomic E-state index is 0.0299. The van der Waals surface area contributed by atoms with E-state index in [1.807, 2.05) is 18.2 Å². The van der Waals surface area contributed by atoms with Crippen LogP contribution in [0.15, 0.2) is 30.6 Å². The maximum Gasteiger partial charge on any atom is 0.153 e. The van der Waals surface area contributed by atoms with Gasteiger partial charge in [-0.3, -0.25) is 0 Å². The Morgan fingerprint density at radius 2 is 2.25 bits per heavy atom. The fourth-order valence-electron chi connectivity index (χ4n) is 1.72. The second-order valence-electron chi connectivity index (χ2n) is 3.62. The van der Waals surface area contributed by atoms with Crippen molar-refractivity contribution in [3.05, 3.63) is 41.9 Å². The predicted molar refractivity (Wildman–Crippen MR) is 61.3 cm³/mol. The van der Waals surface area contributed by atoms with Crippen molar-refractivity contribution in [2.75, 3.05) is 0 Å². The summed E-state index contributed by atoms with van der Waals surface area (Å²) in [5.41, 5.74) is 1.93. The molecule has 0 amide bonds. The van der Waals surface area contributed by atoms with E-state index in [-0.39, 0.29) is 6.61 Å². The lowest BCUT2D eigenvalue weighted by Crippen LogP contribution is -2.05. The van der Waals surface area contributed by atoms with Crippen LogP contribution in [0.3, 0.4) is 0 Å². The van der Waals surface area contributed by atoms with Gasteiger partial charge >= 0.3 is 0 Å². The smallest absolute Gasteiger partial charge is 0.153 e. The van der Waals surface area contributed by atoms with E-state index in [0.717, 1.165) is 29.9 Å². The summed E-state index contributed by atoms with van der Waals surface area (Å²) in [5, 5.41) is 13.5. The molecule has 0 aliphatic heterocycles. The van der Waals surface area contributed by atoms with Crippen molar-refractivity contribution >= 4 is 0 Å². The van der Waals surface area contributed by atoms with Gasteiger partial charge in [0.05, 0.1) is 18.5 Å². The summed E-state index contributed by atoms with van der Waals surface area (Å²) in [6, 6.07) is 5.71. The van der Waals surface area contributed by atoms with Crippen LogP contribution in [0.1, 0.15) is 24.6 Å². The second-order valence-corrected chi connectivity index (χ2v) is 3.62. The minimum Gasteiger partial charge on any atom is -0.392 e. The number of aliphatic hydroxyl groups excluding tert-OH is 1. The molecule has 0 atom stereocenters. The van der Waals surface area contributed by atoms with E-state index in [4.69, 9.17) is 0 Å². The molecule has 0 saturated carbocycles. The lowest BCUT2D eigenvalue weighted by Gasteiger charge is -2.06. The van der Waals surface area contributed by atoms with Gasteiger partial charge in [-0.1, -0.05) is 19.4 Å². The van der Waals surface area contributed by atoms with Crippen molar-refractivity contribution in [2.24, 2.45) is 0 Å². The zero-order valence-corrected chi connectivity index (χ0v) is 9.30. The molecule has 0 radical (unpaired) electrons. The normalized spacial score (nSPS) is 10.6. The number of pyridine rings is 1. The summed E-state index contributed by atoms with van der Waals surface area (Å²) < 4.78 is 1.80. The molecule has 2 aromatic heterocycles. The van der Waals surface area contributed by atoms with E-state index >= 15 is 0 Å². The number of aliphatic hydroxyl groups is 1. The molecule has 0 unspecified atom stereocenters. The van der Waals surface area contributed by atoms with Gasteiger partial charge in [-0.2, -0.15) is 5.10 Å². The summed E-state index contributed by atoms with van der Waals surface area (Å²) in [7, 11) is 0. The van der Waals surface area contributed by atoms with E-state index in [0.29, 0.717) is 0 Å². The van der Waals surface area contributed by atoms with Gasteiger partial charge in [0.15, 0.2) is 5.82 Å². The summed E-state index contributed by atoms with van der Waals surface area (Å²) in [6.45, 7) is 2.14. The highest BCUT2D eigenvalue weighted by molar-refractivity contribution is 5.28. The summed E-state index contributed by atoms with van der Waals surface area (Å²) in [4.78, 5) is 4.26. The van der Waals surface area contributed by atoms with E-state index in [2.05, 4.69) is 17.0 Å². The molecular formula is C12H15N3O. The van der Waals surface area contributed by atoms with Crippen LogP contribution in [0.2, 0.25) is 0 Å². The highest BCUT2D eigenvalue weighted by atomic mass is 16.3. The number of aromatic nitrogens is 3. The molecule has 0 bridgehead atoms. The quantitative estimate of drug-likeness (QED) is 0.848. The van der Waals surface area contributed by atoms with Crippen LogP contribution >= 0.6 is 0 Å². The molecule has 4 heteroatoms. The molecule has 4 nitrogen and oxygen atoms in total. The Kier molecular flexibility index (Phi) is 3.31. The highest BCUT2D eigenvalue weighted by Crippen LogP contribution is 2.15. The number of rotatable bonds is 4. The lowest BCUT2D eigenvalue weighted by atomic mass is 10.2. The average Bonchev–Trinajstić information content (AvgIpc) is 2.74. The summed E-state index contributed by atoms with van der Waals surface area (Å²) in [5.74, 6) is 0.797. The van der Waals surface area contributed by atoms with Gasteiger partial charge in [-0.25, -0.2) is 9.67 Å². The SMILES string of the molecule is CCCc1c(CO)cnn1-c1ccccn1. The fraction of sp³-hybridized carbons (Fsp3) is 0.333. The van der Waals surface area contributed by atoms with Crippen molar-refractivity contribution in [1.82, 2.24) is 14.8 Å². The van der Waals surface area contributed by atoms with Crippen LogP contribution in [-0.4, -0.2) is 19.9 Å². The Morgan fingerprint density at radius 3 is 2.88 bits per heavy atom. The first-order chi connectivity index (χ1) is 7.86. The summed E-state index contributed by atoms with van der Waals surface area (Å²) >= 11 is 0. The van der Waals surface area contributed by atoms with Gasteiger partial charge in [0, 0.05) is 11.8 Å².